The van der Waals surface area contributed by atoms with Crippen molar-refractivity contribution in [2.75, 3.05) is 39.5 Å². The van der Waals surface area contributed by atoms with E-state index in [1.165, 1.54) is 4.31 Å². The van der Waals surface area contributed by atoms with Crippen LogP contribution in [0.25, 0.3) is 0 Å². The highest BCUT2D eigenvalue weighted by molar-refractivity contribution is 7.89. The molecule has 2 heterocycles. The van der Waals surface area contributed by atoms with Gasteiger partial charge in [0.2, 0.25) is 22.7 Å². The van der Waals surface area contributed by atoms with Gasteiger partial charge < -0.3 is 14.4 Å². The first kappa shape index (κ1) is 27.7. The Morgan fingerprint density at radius 2 is 1.56 bits per heavy atom. The standard InChI is InChI=1S/C28H29Cl2N3O5S/c1-20-2-6-23(7-3-20)39(35,36)33(17-21-4-8-24(29)25(30)14-21)18-28(34)32-12-10-31(11-13-32)16-22-5-9-26-27(15-22)38-19-37-26/h2-9,14-15H,10-13,16-19H2,1H3. The molecule has 3 aromatic carbocycles. The molecule has 1 saturated heterocycles. The van der Waals surface area contributed by atoms with Crippen molar-refractivity contribution in [1.82, 2.24) is 14.1 Å². The molecule has 0 spiro atoms. The van der Waals surface area contributed by atoms with Gasteiger partial charge >= 0.3 is 0 Å². The van der Waals surface area contributed by atoms with Crippen LogP contribution in [0, 0.1) is 6.92 Å². The van der Waals surface area contributed by atoms with Crippen molar-refractivity contribution in [3.05, 3.63) is 87.4 Å². The predicted octanol–water partition coefficient (Wildman–Crippen LogP) is 4.57. The number of rotatable bonds is 8. The molecule has 0 N–H and O–H groups in total. The molecule has 3 aromatic rings. The average Bonchev–Trinajstić information content (AvgIpc) is 3.39. The van der Waals surface area contributed by atoms with Crippen LogP contribution in [0.15, 0.2) is 65.6 Å². The Bertz CT molecular complexity index is 1460. The van der Waals surface area contributed by atoms with Crippen molar-refractivity contribution in [2.24, 2.45) is 0 Å². The fourth-order valence-corrected chi connectivity index (χ4v) is 6.33. The molecule has 0 atom stereocenters. The van der Waals surface area contributed by atoms with Crippen LogP contribution in [0.5, 0.6) is 11.5 Å². The molecule has 2 aliphatic rings. The van der Waals surface area contributed by atoms with Crippen molar-refractivity contribution in [3.63, 3.8) is 0 Å². The van der Waals surface area contributed by atoms with Crippen LogP contribution in [-0.2, 0) is 27.9 Å². The highest BCUT2D eigenvalue weighted by Crippen LogP contribution is 2.33. The highest BCUT2D eigenvalue weighted by Gasteiger charge is 2.30. The Labute approximate surface area is 238 Å². The third kappa shape index (κ3) is 6.50. The Balaban J connectivity index is 1.26. The van der Waals surface area contributed by atoms with Crippen LogP contribution >= 0.6 is 23.2 Å². The summed E-state index contributed by atoms with van der Waals surface area (Å²) in [6.45, 7) is 4.94. The summed E-state index contributed by atoms with van der Waals surface area (Å²) in [6, 6.07) is 17.5. The van der Waals surface area contributed by atoms with Crippen LogP contribution in [0.1, 0.15) is 16.7 Å². The number of nitrogens with zero attached hydrogens (tertiary/aromatic N) is 3. The summed E-state index contributed by atoms with van der Waals surface area (Å²) in [7, 11) is -3.95. The van der Waals surface area contributed by atoms with Crippen LogP contribution in [0.3, 0.4) is 0 Å². The summed E-state index contributed by atoms with van der Waals surface area (Å²) < 4.78 is 39.3. The molecule has 1 fully saturated rings. The fourth-order valence-electron chi connectivity index (χ4n) is 4.63. The van der Waals surface area contributed by atoms with E-state index >= 15 is 0 Å². The topological polar surface area (TPSA) is 79.4 Å². The van der Waals surface area contributed by atoms with Crippen molar-refractivity contribution in [1.29, 1.82) is 0 Å². The minimum Gasteiger partial charge on any atom is -0.454 e. The minimum atomic E-state index is -3.95. The number of ether oxygens (including phenoxy) is 2. The Morgan fingerprint density at radius 1 is 0.872 bits per heavy atom. The molecule has 11 heteroatoms. The molecule has 39 heavy (non-hydrogen) atoms. The lowest BCUT2D eigenvalue weighted by Crippen LogP contribution is -2.51. The van der Waals surface area contributed by atoms with E-state index in [0.29, 0.717) is 41.8 Å². The zero-order chi connectivity index (χ0) is 27.6. The molecule has 5 rings (SSSR count). The van der Waals surface area contributed by atoms with Crippen molar-refractivity contribution in [2.45, 2.75) is 24.9 Å². The van der Waals surface area contributed by atoms with Gasteiger partial charge in [0.1, 0.15) is 0 Å². The van der Waals surface area contributed by atoms with Gasteiger partial charge in [-0.15, -0.1) is 0 Å². The van der Waals surface area contributed by atoms with Gasteiger partial charge in [-0.3, -0.25) is 9.69 Å². The molecule has 0 saturated carbocycles. The Hall–Kier alpha value is -2.82. The highest BCUT2D eigenvalue weighted by atomic mass is 35.5. The number of aryl methyl sites for hydroxylation is 1. The number of sulfonamides is 1. The minimum absolute atomic E-state index is 0.0110. The molecule has 0 aliphatic carbocycles. The van der Waals surface area contributed by atoms with E-state index in [2.05, 4.69) is 4.90 Å². The number of carbonyl (C=O) groups is 1. The van der Waals surface area contributed by atoms with Gasteiger partial charge in [0, 0.05) is 39.3 Å². The van der Waals surface area contributed by atoms with Crippen molar-refractivity contribution >= 4 is 39.1 Å². The van der Waals surface area contributed by atoms with Gasteiger partial charge in [0.05, 0.1) is 21.5 Å². The molecule has 2 aliphatic heterocycles. The molecule has 1 amide bonds. The third-order valence-corrected chi connectivity index (χ3v) is 9.43. The lowest BCUT2D eigenvalue weighted by molar-refractivity contribution is -0.133. The second-order valence-electron chi connectivity index (χ2n) is 9.68. The first-order valence-electron chi connectivity index (χ1n) is 12.6. The summed E-state index contributed by atoms with van der Waals surface area (Å²) in [5.41, 5.74) is 2.69. The molecule has 0 aromatic heterocycles. The maximum absolute atomic E-state index is 13.6. The Morgan fingerprint density at radius 3 is 2.28 bits per heavy atom. The van der Waals surface area contributed by atoms with Gasteiger partial charge in [0.25, 0.3) is 0 Å². The summed E-state index contributed by atoms with van der Waals surface area (Å²) in [5, 5.41) is 0.704. The lowest BCUT2D eigenvalue weighted by Gasteiger charge is -2.35. The SMILES string of the molecule is Cc1ccc(S(=O)(=O)N(CC(=O)N2CCN(Cc3ccc4c(c3)OCO4)CC2)Cc2ccc(Cl)c(Cl)c2)cc1. The molecular formula is C28H29Cl2N3O5S. The van der Waals surface area contributed by atoms with E-state index in [1.54, 1.807) is 47.4 Å². The smallest absolute Gasteiger partial charge is 0.243 e. The quantitative estimate of drug-likeness (QED) is 0.383. The monoisotopic (exact) mass is 589 g/mol. The molecule has 0 unspecified atom stereocenters. The van der Waals surface area contributed by atoms with Crippen LogP contribution in [-0.4, -0.2) is 67.9 Å². The van der Waals surface area contributed by atoms with E-state index in [1.807, 2.05) is 25.1 Å². The molecule has 0 radical (unpaired) electrons. The van der Waals surface area contributed by atoms with Crippen molar-refractivity contribution in [3.8, 4) is 11.5 Å². The molecule has 0 bridgehead atoms. The average molecular weight is 591 g/mol. The van der Waals surface area contributed by atoms with Gasteiger partial charge in [-0.1, -0.05) is 53.0 Å². The summed E-state index contributed by atoms with van der Waals surface area (Å²) in [4.78, 5) is 17.5. The van der Waals surface area contributed by atoms with E-state index in [-0.39, 0.29) is 30.7 Å². The van der Waals surface area contributed by atoms with Crippen LogP contribution < -0.4 is 9.47 Å². The van der Waals surface area contributed by atoms with Gasteiger partial charge in [-0.05, 0) is 54.4 Å². The number of carbonyl (C=O) groups excluding carboxylic acids is 1. The zero-order valence-electron chi connectivity index (χ0n) is 21.5. The number of hydrogen-bond donors (Lipinski definition) is 0. The third-order valence-electron chi connectivity index (χ3n) is 6.88. The molecule has 8 nitrogen and oxygen atoms in total. The number of amides is 1. The first-order chi connectivity index (χ1) is 18.7. The summed E-state index contributed by atoms with van der Waals surface area (Å²) in [6.07, 6.45) is 0. The fraction of sp³-hybridized carbons (Fsp3) is 0.321. The van der Waals surface area contributed by atoms with Gasteiger partial charge in [-0.2, -0.15) is 4.31 Å². The van der Waals surface area contributed by atoms with E-state index < -0.39 is 10.0 Å². The number of halogens is 2. The number of benzene rings is 3. The summed E-state index contributed by atoms with van der Waals surface area (Å²) in [5.74, 6) is 1.26. The van der Waals surface area contributed by atoms with E-state index in [0.717, 1.165) is 29.2 Å². The van der Waals surface area contributed by atoms with Crippen molar-refractivity contribution < 1.29 is 22.7 Å². The number of fused-ring (bicyclic) bond motifs is 1. The second-order valence-corrected chi connectivity index (χ2v) is 12.4. The largest absolute Gasteiger partial charge is 0.454 e. The summed E-state index contributed by atoms with van der Waals surface area (Å²) >= 11 is 12.2. The van der Waals surface area contributed by atoms with E-state index in [4.69, 9.17) is 32.7 Å². The number of piperazine rings is 1. The molecule has 206 valence electrons. The zero-order valence-corrected chi connectivity index (χ0v) is 23.8. The Kier molecular flexibility index (Phi) is 8.35. The van der Waals surface area contributed by atoms with Crippen LogP contribution in [0.2, 0.25) is 10.0 Å². The maximum atomic E-state index is 13.6. The number of hydrogen-bond acceptors (Lipinski definition) is 6. The second kappa shape index (κ2) is 11.7. The van der Waals surface area contributed by atoms with Crippen LogP contribution in [0.4, 0.5) is 0 Å². The van der Waals surface area contributed by atoms with Gasteiger partial charge in [-0.25, -0.2) is 8.42 Å². The normalized spacial score (nSPS) is 15.6. The van der Waals surface area contributed by atoms with Gasteiger partial charge in [0.15, 0.2) is 11.5 Å². The maximum Gasteiger partial charge on any atom is 0.243 e. The lowest BCUT2D eigenvalue weighted by atomic mass is 10.1. The molecular weight excluding hydrogens is 561 g/mol. The predicted molar refractivity (Wildman–Crippen MR) is 150 cm³/mol. The van der Waals surface area contributed by atoms with E-state index in [9.17, 15) is 13.2 Å². The first-order valence-corrected chi connectivity index (χ1v) is 14.8.